The van der Waals surface area contributed by atoms with Gasteiger partial charge in [0, 0.05) is 0 Å². The van der Waals surface area contributed by atoms with E-state index in [9.17, 15) is 5.11 Å². The number of aliphatic hydroxyl groups is 1. The van der Waals surface area contributed by atoms with Crippen LogP contribution in [0.4, 0.5) is 0 Å². The second-order valence-electron chi connectivity index (χ2n) is 3.67. The molecule has 0 bridgehead atoms. The summed E-state index contributed by atoms with van der Waals surface area (Å²) in [5.74, 6) is 1.12. The second-order valence-corrected chi connectivity index (χ2v) is 3.67. The third-order valence-electron chi connectivity index (χ3n) is 2.39. The van der Waals surface area contributed by atoms with Gasteiger partial charge in [-0.3, -0.25) is 0 Å². The SMILES string of the molecule is CCC[C@H](C(C)C)[C@@H](O)CC. The zero-order valence-corrected chi connectivity index (χ0v) is 8.30. The zero-order chi connectivity index (χ0) is 8.85. The van der Waals surface area contributed by atoms with Crippen molar-refractivity contribution in [2.24, 2.45) is 11.8 Å². The minimum absolute atomic E-state index is 0.0880. The summed E-state index contributed by atoms with van der Waals surface area (Å²) >= 11 is 0. The molecule has 0 aromatic carbocycles. The first kappa shape index (κ1) is 11.0. The van der Waals surface area contributed by atoms with Crippen LogP contribution >= 0.6 is 0 Å². The van der Waals surface area contributed by atoms with Crippen LogP contribution in [0.1, 0.15) is 47.0 Å². The van der Waals surface area contributed by atoms with Crippen LogP contribution in [0, 0.1) is 11.8 Å². The van der Waals surface area contributed by atoms with Crippen molar-refractivity contribution in [1.29, 1.82) is 0 Å². The van der Waals surface area contributed by atoms with Crippen LogP contribution in [0.5, 0.6) is 0 Å². The summed E-state index contributed by atoms with van der Waals surface area (Å²) < 4.78 is 0. The Kier molecular flexibility index (Phi) is 5.57. The quantitative estimate of drug-likeness (QED) is 0.652. The summed E-state index contributed by atoms with van der Waals surface area (Å²) in [6, 6.07) is 0. The predicted molar refractivity (Wildman–Crippen MR) is 49.5 cm³/mol. The standard InChI is InChI=1S/C10H22O/c1-5-7-9(8(3)4)10(11)6-2/h8-11H,5-7H2,1-4H3/t9-,10+/m1/s1. The molecule has 2 atom stereocenters. The van der Waals surface area contributed by atoms with Crippen LogP contribution in [-0.2, 0) is 0 Å². The van der Waals surface area contributed by atoms with E-state index in [0.717, 1.165) is 12.8 Å². The van der Waals surface area contributed by atoms with Gasteiger partial charge in [0.15, 0.2) is 0 Å². The summed E-state index contributed by atoms with van der Waals surface area (Å²) in [6.45, 7) is 8.62. The molecule has 0 heterocycles. The minimum Gasteiger partial charge on any atom is -0.393 e. The third-order valence-corrected chi connectivity index (χ3v) is 2.39. The molecule has 0 radical (unpaired) electrons. The summed E-state index contributed by atoms with van der Waals surface area (Å²) in [5.41, 5.74) is 0. The third kappa shape index (κ3) is 3.76. The van der Waals surface area contributed by atoms with Crippen LogP contribution in [0.25, 0.3) is 0 Å². The van der Waals surface area contributed by atoms with Crippen LogP contribution in [0.15, 0.2) is 0 Å². The molecule has 68 valence electrons. The van der Waals surface area contributed by atoms with Crippen molar-refractivity contribution in [3.8, 4) is 0 Å². The van der Waals surface area contributed by atoms with E-state index in [2.05, 4.69) is 27.7 Å². The van der Waals surface area contributed by atoms with Crippen molar-refractivity contribution < 1.29 is 5.11 Å². The average molecular weight is 158 g/mol. The van der Waals surface area contributed by atoms with E-state index in [-0.39, 0.29) is 6.10 Å². The monoisotopic (exact) mass is 158 g/mol. The van der Waals surface area contributed by atoms with Gasteiger partial charge in [-0.1, -0.05) is 34.1 Å². The van der Waals surface area contributed by atoms with E-state index in [0.29, 0.717) is 11.8 Å². The Morgan fingerprint density at radius 2 is 1.73 bits per heavy atom. The van der Waals surface area contributed by atoms with Crippen molar-refractivity contribution in [2.45, 2.75) is 53.1 Å². The maximum absolute atomic E-state index is 9.62. The molecule has 1 heteroatoms. The molecule has 11 heavy (non-hydrogen) atoms. The normalized spacial score (nSPS) is 16.9. The van der Waals surface area contributed by atoms with Gasteiger partial charge in [0.2, 0.25) is 0 Å². The lowest BCUT2D eigenvalue weighted by molar-refractivity contribution is 0.0722. The molecule has 0 aliphatic carbocycles. The molecule has 0 saturated heterocycles. The Labute approximate surface area is 70.8 Å². The highest BCUT2D eigenvalue weighted by Crippen LogP contribution is 2.22. The second kappa shape index (κ2) is 5.59. The average Bonchev–Trinajstić information content (AvgIpc) is 1.98. The molecule has 0 aliphatic heterocycles. The Hall–Kier alpha value is -0.0400. The number of hydrogen-bond donors (Lipinski definition) is 1. The minimum atomic E-state index is -0.0880. The molecule has 0 aromatic heterocycles. The smallest absolute Gasteiger partial charge is 0.0568 e. The van der Waals surface area contributed by atoms with E-state index < -0.39 is 0 Å². The van der Waals surface area contributed by atoms with Gasteiger partial charge in [-0.2, -0.15) is 0 Å². The van der Waals surface area contributed by atoms with Crippen molar-refractivity contribution >= 4 is 0 Å². The van der Waals surface area contributed by atoms with Crippen molar-refractivity contribution in [3.05, 3.63) is 0 Å². The van der Waals surface area contributed by atoms with Crippen LogP contribution in [-0.4, -0.2) is 11.2 Å². The highest BCUT2D eigenvalue weighted by Gasteiger charge is 2.19. The highest BCUT2D eigenvalue weighted by atomic mass is 16.3. The molecular formula is C10H22O. The molecule has 0 amide bonds. The van der Waals surface area contributed by atoms with Gasteiger partial charge in [-0.05, 0) is 24.7 Å². The topological polar surface area (TPSA) is 20.2 Å². The fourth-order valence-corrected chi connectivity index (χ4v) is 1.61. The summed E-state index contributed by atoms with van der Waals surface area (Å²) in [5, 5.41) is 9.62. The molecule has 0 spiro atoms. The molecular weight excluding hydrogens is 136 g/mol. The van der Waals surface area contributed by atoms with Gasteiger partial charge >= 0.3 is 0 Å². The lowest BCUT2D eigenvalue weighted by atomic mass is 9.85. The molecule has 1 N–H and O–H groups in total. The lowest BCUT2D eigenvalue weighted by Gasteiger charge is -2.24. The Morgan fingerprint density at radius 3 is 2.00 bits per heavy atom. The summed E-state index contributed by atoms with van der Waals surface area (Å²) in [7, 11) is 0. The van der Waals surface area contributed by atoms with E-state index in [1.165, 1.54) is 6.42 Å². The lowest BCUT2D eigenvalue weighted by Crippen LogP contribution is -2.24. The molecule has 0 aromatic rings. The van der Waals surface area contributed by atoms with Gasteiger partial charge in [-0.25, -0.2) is 0 Å². The molecule has 0 fully saturated rings. The predicted octanol–water partition coefficient (Wildman–Crippen LogP) is 2.83. The van der Waals surface area contributed by atoms with Gasteiger partial charge in [0.1, 0.15) is 0 Å². The van der Waals surface area contributed by atoms with Crippen molar-refractivity contribution in [3.63, 3.8) is 0 Å². The fraction of sp³-hybridized carbons (Fsp3) is 1.00. The first-order chi connectivity index (χ1) is 5.13. The molecule has 0 rings (SSSR count). The molecule has 0 saturated carbocycles. The molecule has 0 aliphatic rings. The summed E-state index contributed by atoms with van der Waals surface area (Å²) in [6.07, 6.45) is 3.14. The van der Waals surface area contributed by atoms with Gasteiger partial charge in [0.05, 0.1) is 6.10 Å². The fourth-order valence-electron chi connectivity index (χ4n) is 1.61. The van der Waals surface area contributed by atoms with E-state index in [1.807, 2.05) is 0 Å². The first-order valence-corrected chi connectivity index (χ1v) is 4.81. The van der Waals surface area contributed by atoms with Gasteiger partial charge in [-0.15, -0.1) is 0 Å². The Balaban J connectivity index is 3.87. The molecule has 0 unspecified atom stereocenters. The summed E-state index contributed by atoms with van der Waals surface area (Å²) in [4.78, 5) is 0. The number of hydrogen-bond acceptors (Lipinski definition) is 1. The van der Waals surface area contributed by atoms with Crippen molar-refractivity contribution in [1.82, 2.24) is 0 Å². The Bertz CT molecular complexity index is 88.9. The van der Waals surface area contributed by atoms with Crippen LogP contribution in [0.3, 0.4) is 0 Å². The van der Waals surface area contributed by atoms with Gasteiger partial charge < -0.3 is 5.11 Å². The molecule has 1 nitrogen and oxygen atoms in total. The largest absolute Gasteiger partial charge is 0.393 e. The van der Waals surface area contributed by atoms with Crippen molar-refractivity contribution in [2.75, 3.05) is 0 Å². The van der Waals surface area contributed by atoms with Crippen LogP contribution in [0.2, 0.25) is 0 Å². The maximum atomic E-state index is 9.62. The zero-order valence-electron chi connectivity index (χ0n) is 8.30. The Morgan fingerprint density at radius 1 is 1.18 bits per heavy atom. The van der Waals surface area contributed by atoms with E-state index in [4.69, 9.17) is 0 Å². The number of aliphatic hydroxyl groups excluding tert-OH is 1. The number of rotatable bonds is 5. The van der Waals surface area contributed by atoms with E-state index >= 15 is 0 Å². The van der Waals surface area contributed by atoms with Crippen LogP contribution < -0.4 is 0 Å². The first-order valence-electron chi connectivity index (χ1n) is 4.81. The van der Waals surface area contributed by atoms with Gasteiger partial charge in [0.25, 0.3) is 0 Å². The van der Waals surface area contributed by atoms with E-state index in [1.54, 1.807) is 0 Å². The highest BCUT2D eigenvalue weighted by molar-refractivity contribution is 4.70. The maximum Gasteiger partial charge on any atom is 0.0568 e.